The van der Waals surface area contributed by atoms with Crippen molar-refractivity contribution in [3.05, 3.63) is 17.4 Å². The van der Waals surface area contributed by atoms with Crippen LogP contribution in [0.1, 0.15) is 5.69 Å². The zero-order valence-corrected chi connectivity index (χ0v) is 7.35. The van der Waals surface area contributed by atoms with E-state index in [0.29, 0.717) is 0 Å². The van der Waals surface area contributed by atoms with Gasteiger partial charge < -0.3 is 0 Å². The van der Waals surface area contributed by atoms with E-state index in [1.165, 1.54) is 6.33 Å². The lowest BCUT2D eigenvalue weighted by Crippen LogP contribution is -2.04. The molecule has 2 aromatic heterocycles. The van der Waals surface area contributed by atoms with Crippen molar-refractivity contribution in [2.24, 2.45) is 0 Å². The molecule has 1 N–H and O–H groups in total. The van der Waals surface area contributed by atoms with Crippen LogP contribution in [0.3, 0.4) is 0 Å². The maximum atomic E-state index is 12.1. The molecule has 0 fully saturated rings. The number of hydrogen-bond donors (Lipinski definition) is 1. The highest BCUT2D eigenvalue weighted by Crippen LogP contribution is 2.32. The van der Waals surface area contributed by atoms with Crippen molar-refractivity contribution >= 4 is 11.3 Å². The summed E-state index contributed by atoms with van der Waals surface area (Å²) in [7, 11) is 0. The molecule has 0 atom stereocenters. The summed E-state index contributed by atoms with van der Waals surface area (Å²) >= 11 is 0.869. The molecule has 0 aliphatic heterocycles. The zero-order chi connectivity index (χ0) is 10.2. The second-order valence-corrected chi connectivity index (χ2v) is 3.23. The molecule has 2 rings (SSSR count). The fourth-order valence-electron chi connectivity index (χ4n) is 0.821. The third kappa shape index (κ3) is 1.60. The lowest BCUT2D eigenvalue weighted by molar-refractivity contribution is -0.140. The van der Waals surface area contributed by atoms with Crippen molar-refractivity contribution in [3.8, 4) is 10.8 Å². The van der Waals surface area contributed by atoms with E-state index in [2.05, 4.69) is 20.2 Å². The van der Waals surface area contributed by atoms with Gasteiger partial charge in [-0.2, -0.15) is 18.3 Å². The van der Waals surface area contributed by atoms with E-state index in [1.807, 2.05) is 0 Å². The van der Waals surface area contributed by atoms with Crippen LogP contribution in [0, 0.1) is 0 Å². The number of alkyl halides is 3. The van der Waals surface area contributed by atoms with Crippen molar-refractivity contribution in [2.45, 2.75) is 6.18 Å². The molecule has 8 heteroatoms. The van der Waals surface area contributed by atoms with Gasteiger partial charge in [-0.3, -0.25) is 5.10 Å². The minimum Gasteiger partial charge on any atom is -0.257 e. The van der Waals surface area contributed by atoms with Gasteiger partial charge in [-0.05, 0) is 0 Å². The van der Waals surface area contributed by atoms with Crippen LogP contribution >= 0.6 is 11.3 Å². The normalized spacial score (nSPS) is 11.9. The van der Waals surface area contributed by atoms with Crippen molar-refractivity contribution in [1.29, 1.82) is 0 Å². The van der Waals surface area contributed by atoms with Crippen LogP contribution in [0.4, 0.5) is 13.2 Å². The molecule has 0 aliphatic rings. The van der Waals surface area contributed by atoms with Gasteiger partial charge >= 0.3 is 6.18 Å². The third-order valence-electron chi connectivity index (χ3n) is 1.41. The first kappa shape index (κ1) is 9.13. The van der Waals surface area contributed by atoms with Crippen molar-refractivity contribution < 1.29 is 13.2 Å². The summed E-state index contributed by atoms with van der Waals surface area (Å²) in [6.45, 7) is 0. The first-order valence-corrected chi connectivity index (χ1v) is 4.34. The average Bonchev–Trinajstić information content (AvgIpc) is 2.73. The van der Waals surface area contributed by atoms with Gasteiger partial charge in [-0.25, -0.2) is 9.97 Å². The standard InChI is InChI=1S/C6H3F3N4S/c7-6(8,9)3-1-14-5(12-3)4-10-2-11-13-4/h1-2H,(H,10,11,13). The van der Waals surface area contributed by atoms with Gasteiger partial charge in [0.25, 0.3) is 0 Å². The predicted molar refractivity (Wildman–Crippen MR) is 42.5 cm³/mol. The summed E-state index contributed by atoms with van der Waals surface area (Å²) < 4.78 is 36.4. The molecule has 0 spiro atoms. The van der Waals surface area contributed by atoms with Gasteiger partial charge in [0, 0.05) is 5.38 Å². The van der Waals surface area contributed by atoms with Crippen molar-refractivity contribution in [1.82, 2.24) is 20.2 Å². The number of aromatic nitrogens is 4. The van der Waals surface area contributed by atoms with E-state index < -0.39 is 11.9 Å². The predicted octanol–water partition coefficient (Wildman–Crippen LogP) is 1.95. The number of hydrogen-bond acceptors (Lipinski definition) is 4. The Morgan fingerprint density at radius 3 is 2.64 bits per heavy atom. The number of nitrogens with zero attached hydrogens (tertiary/aromatic N) is 3. The molecule has 2 aromatic rings. The summed E-state index contributed by atoms with van der Waals surface area (Å²) in [6, 6.07) is 0. The lowest BCUT2D eigenvalue weighted by atomic mass is 10.5. The number of halogens is 3. The average molecular weight is 220 g/mol. The Labute approximate surface area is 79.8 Å². The summed E-state index contributed by atoms with van der Waals surface area (Å²) in [5, 5.41) is 7.08. The fraction of sp³-hybridized carbons (Fsp3) is 0.167. The summed E-state index contributed by atoms with van der Waals surface area (Å²) in [5.74, 6) is 0.241. The number of rotatable bonds is 1. The van der Waals surface area contributed by atoms with Crippen LogP contribution < -0.4 is 0 Å². The molecule has 2 heterocycles. The van der Waals surface area contributed by atoms with E-state index in [4.69, 9.17) is 0 Å². The van der Waals surface area contributed by atoms with Crippen molar-refractivity contribution in [2.75, 3.05) is 0 Å². The smallest absolute Gasteiger partial charge is 0.257 e. The Morgan fingerprint density at radius 2 is 2.14 bits per heavy atom. The minimum atomic E-state index is -4.41. The molecule has 0 amide bonds. The maximum Gasteiger partial charge on any atom is 0.434 e. The molecule has 74 valence electrons. The lowest BCUT2D eigenvalue weighted by Gasteiger charge is -1.99. The SMILES string of the molecule is FC(F)(F)c1csc(-c2ncn[nH]2)n1. The fourth-order valence-corrected chi connectivity index (χ4v) is 1.59. The number of nitrogens with one attached hydrogen (secondary N) is 1. The van der Waals surface area contributed by atoms with Crippen LogP contribution in [0.15, 0.2) is 11.7 Å². The van der Waals surface area contributed by atoms with Gasteiger partial charge in [0.15, 0.2) is 16.5 Å². The van der Waals surface area contributed by atoms with Gasteiger partial charge in [-0.15, -0.1) is 11.3 Å². The molecule has 0 saturated carbocycles. The van der Waals surface area contributed by atoms with Crippen molar-refractivity contribution in [3.63, 3.8) is 0 Å². The first-order chi connectivity index (χ1) is 6.57. The van der Waals surface area contributed by atoms with Crippen LogP contribution in [0.5, 0.6) is 0 Å². The summed E-state index contributed by atoms with van der Waals surface area (Å²) in [4.78, 5) is 7.08. The Balaban J connectivity index is 2.36. The number of aromatic amines is 1. The van der Waals surface area contributed by atoms with E-state index in [9.17, 15) is 13.2 Å². The van der Waals surface area contributed by atoms with Gasteiger partial charge in [0.1, 0.15) is 6.33 Å². The Bertz CT molecular complexity index is 418. The van der Waals surface area contributed by atoms with Gasteiger partial charge in [0.05, 0.1) is 0 Å². The topological polar surface area (TPSA) is 54.5 Å². The molecule has 0 unspecified atom stereocenters. The van der Waals surface area contributed by atoms with E-state index in [-0.39, 0.29) is 10.8 Å². The first-order valence-electron chi connectivity index (χ1n) is 3.46. The number of H-pyrrole nitrogens is 1. The quantitative estimate of drug-likeness (QED) is 0.799. The van der Waals surface area contributed by atoms with Crippen LogP contribution in [0.2, 0.25) is 0 Å². The molecule has 4 nitrogen and oxygen atoms in total. The van der Waals surface area contributed by atoms with Gasteiger partial charge in [0.2, 0.25) is 0 Å². The minimum absolute atomic E-state index is 0.176. The van der Waals surface area contributed by atoms with E-state index in [1.54, 1.807) is 0 Å². The Morgan fingerprint density at radius 1 is 1.36 bits per heavy atom. The molecular formula is C6H3F3N4S. The van der Waals surface area contributed by atoms with E-state index in [0.717, 1.165) is 16.7 Å². The highest BCUT2D eigenvalue weighted by molar-refractivity contribution is 7.13. The van der Waals surface area contributed by atoms with Crippen LogP contribution in [-0.4, -0.2) is 20.2 Å². The zero-order valence-electron chi connectivity index (χ0n) is 6.54. The van der Waals surface area contributed by atoms with Crippen LogP contribution in [-0.2, 0) is 6.18 Å². The highest BCUT2D eigenvalue weighted by atomic mass is 32.1. The molecule has 0 aromatic carbocycles. The molecule has 0 saturated heterocycles. The molecular weight excluding hydrogens is 217 g/mol. The maximum absolute atomic E-state index is 12.1. The number of thiazole rings is 1. The summed E-state index contributed by atoms with van der Waals surface area (Å²) in [5.41, 5.74) is -0.908. The monoisotopic (exact) mass is 220 g/mol. The van der Waals surface area contributed by atoms with Gasteiger partial charge in [-0.1, -0.05) is 0 Å². The van der Waals surface area contributed by atoms with E-state index >= 15 is 0 Å². The third-order valence-corrected chi connectivity index (χ3v) is 2.26. The molecule has 0 aliphatic carbocycles. The Hall–Kier alpha value is -1.44. The van der Waals surface area contributed by atoms with Crippen LogP contribution in [0.25, 0.3) is 10.8 Å². The second-order valence-electron chi connectivity index (χ2n) is 2.37. The molecule has 0 bridgehead atoms. The Kier molecular flexibility index (Phi) is 1.99. The second kappa shape index (κ2) is 3.05. The highest BCUT2D eigenvalue weighted by Gasteiger charge is 2.34. The summed E-state index contributed by atoms with van der Waals surface area (Å²) in [6.07, 6.45) is -3.20. The largest absolute Gasteiger partial charge is 0.434 e. The molecule has 14 heavy (non-hydrogen) atoms. The molecule has 0 radical (unpaired) electrons.